The van der Waals surface area contributed by atoms with Gasteiger partial charge in [-0.3, -0.25) is 0 Å². The van der Waals surface area contributed by atoms with Gasteiger partial charge in [-0.05, 0) is 82.4 Å². The fourth-order valence-electron chi connectivity index (χ4n) is 4.22. The number of hydrogen-bond acceptors (Lipinski definition) is 5. The topological polar surface area (TPSA) is 59.9 Å². The Morgan fingerprint density at radius 2 is 1.89 bits per heavy atom. The molecule has 0 aromatic carbocycles. The largest absolute Gasteiger partial charge is 0.246 e. The summed E-state index contributed by atoms with van der Waals surface area (Å²) in [5.41, 5.74) is 4.80. The number of nitrogens with zero attached hydrogens (tertiary/aromatic N) is 2. The second-order valence-corrected chi connectivity index (χ2v) is 12.8. The van der Waals surface area contributed by atoms with E-state index < -0.39 is 14.6 Å². The monoisotopic (exact) mass is 416 g/mol. The van der Waals surface area contributed by atoms with Crippen molar-refractivity contribution < 1.29 is 8.42 Å². The van der Waals surface area contributed by atoms with Crippen LogP contribution in [0.3, 0.4) is 0 Å². The number of allylic oxidation sites excluding steroid dienone is 1. The highest BCUT2D eigenvalue weighted by Gasteiger charge is 2.34. The minimum absolute atomic E-state index is 0.305. The molecule has 6 heteroatoms. The Hall–Kier alpha value is -1.53. The number of fused-ring (bicyclic) bond motifs is 1. The summed E-state index contributed by atoms with van der Waals surface area (Å²) in [6, 6.07) is 4.26. The summed E-state index contributed by atoms with van der Waals surface area (Å²) in [5, 5.41) is 2.94. The van der Waals surface area contributed by atoms with Gasteiger partial charge < -0.3 is 0 Å². The van der Waals surface area contributed by atoms with Crippen molar-refractivity contribution in [3.05, 3.63) is 40.5 Å². The van der Waals surface area contributed by atoms with Crippen LogP contribution in [-0.2, 0) is 16.3 Å². The molecular formula is C22H28N2O2S2. The second kappa shape index (κ2) is 7.38. The molecule has 0 spiro atoms. The van der Waals surface area contributed by atoms with Gasteiger partial charge in [-0.1, -0.05) is 11.6 Å². The van der Waals surface area contributed by atoms with Crippen molar-refractivity contribution in [2.45, 2.75) is 57.6 Å². The zero-order valence-electron chi connectivity index (χ0n) is 16.8. The van der Waals surface area contributed by atoms with Crippen LogP contribution in [0.1, 0.15) is 57.7 Å². The molecule has 4 nitrogen and oxygen atoms in total. The van der Waals surface area contributed by atoms with Crippen molar-refractivity contribution in [2.75, 3.05) is 5.75 Å². The van der Waals surface area contributed by atoms with Gasteiger partial charge in [-0.2, -0.15) is 0 Å². The maximum Gasteiger partial charge on any atom is 0.155 e. The first-order chi connectivity index (χ1) is 13.2. The Kier molecular flexibility index (Phi) is 5.21. The summed E-state index contributed by atoms with van der Waals surface area (Å²) in [5.74, 6) is 1.20. The van der Waals surface area contributed by atoms with E-state index in [9.17, 15) is 8.42 Å². The molecule has 0 unspecified atom stereocenters. The summed E-state index contributed by atoms with van der Waals surface area (Å²) in [4.78, 5) is 9.19. The Bertz CT molecular complexity index is 978. The number of thiazole rings is 1. The summed E-state index contributed by atoms with van der Waals surface area (Å²) < 4.78 is 24.4. The van der Waals surface area contributed by atoms with E-state index in [-0.39, 0.29) is 0 Å². The van der Waals surface area contributed by atoms with E-state index in [0.29, 0.717) is 17.6 Å². The van der Waals surface area contributed by atoms with Gasteiger partial charge in [-0.25, -0.2) is 18.4 Å². The lowest BCUT2D eigenvalue weighted by atomic mass is 9.78. The molecule has 28 heavy (non-hydrogen) atoms. The van der Waals surface area contributed by atoms with Crippen LogP contribution in [0.25, 0.3) is 16.8 Å². The SMILES string of the molecule is CC(C)(C)S(=O)(=O)CC1CCC(C2=Cc3nc(-c4nccs4)ccc3C2)CC1. The van der Waals surface area contributed by atoms with E-state index in [1.165, 1.54) is 11.1 Å². The Balaban J connectivity index is 1.41. The predicted octanol–water partition coefficient (Wildman–Crippen LogP) is 5.16. The van der Waals surface area contributed by atoms with Crippen molar-refractivity contribution in [3.8, 4) is 10.7 Å². The highest BCUT2D eigenvalue weighted by molar-refractivity contribution is 7.92. The lowest BCUT2D eigenvalue weighted by Gasteiger charge is -2.31. The first-order valence-corrected chi connectivity index (χ1v) is 12.6. The minimum atomic E-state index is -3.03. The Morgan fingerprint density at radius 3 is 2.54 bits per heavy atom. The molecule has 2 aliphatic carbocycles. The molecule has 150 valence electrons. The fraction of sp³-hybridized carbons (Fsp3) is 0.545. The highest BCUT2D eigenvalue weighted by atomic mass is 32.2. The van der Waals surface area contributed by atoms with E-state index in [2.05, 4.69) is 23.2 Å². The Labute approximate surface area is 172 Å². The minimum Gasteiger partial charge on any atom is -0.246 e. The molecule has 0 saturated heterocycles. The van der Waals surface area contributed by atoms with Crippen LogP contribution in [0.2, 0.25) is 0 Å². The highest BCUT2D eigenvalue weighted by Crippen LogP contribution is 2.40. The second-order valence-electron chi connectivity index (χ2n) is 9.09. The molecular weight excluding hydrogens is 388 g/mol. The van der Waals surface area contributed by atoms with E-state index in [1.807, 2.05) is 32.3 Å². The quantitative estimate of drug-likeness (QED) is 0.690. The maximum atomic E-state index is 12.5. The third kappa shape index (κ3) is 3.94. The average molecular weight is 417 g/mol. The third-order valence-electron chi connectivity index (χ3n) is 6.14. The Morgan fingerprint density at radius 1 is 1.14 bits per heavy atom. The molecule has 0 radical (unpaired) electrons. The van der Waals surface area contributed by atoms with Crippen LogP contribution >= 0.6 is 11.3 Å². The van der Waals surface area contributed by atoms with Gasteiger partial charge in [0.05, 0.1) is 21.9 Å². The van der Waals surface area contributed by atoms with E-state index in [4.69, 9.17) is 4.98 Å². The smallest absolute Gasteiger partial charge is 0.155 e. The van der Waals surface area contributed by atoms with Gasteiger partial charge in [-0.15, -0.1) is 11.3 Å². The van der Waals surface area contributed by atoms with Crippen LogP contribution in [0.15, 0.2) is 29.3 Å². The molecule has 0 amide bonds. The number of pyridine rings is 1. The normalized spacial score (nSPS) is 22.8. The average Bonchev–Trinajstić information content (AvgIpc) is 3.30. The van der Waals surface area contributed by atoms with Crippen molar-refractivity contribution >= 4 is 27.3 Å². The van der Waals surface area contributed by atoms with Gasteiger partial charge in [0, 0.05) is 11.6 Å². The van der Waals surface area contributed by atoms with Crippen LogP contribution in [-0.4, -0.2) is 28.9 Å². The summed E-state index contributed by atoms with van der Waals surface area (Å²) in [7, 11) is -3.03. The van der Waals surface area contributed by atoms with Crippen LogP contribution in [0.5, 0.6) is 0 Å². The van der Waals surface area contributed by atoms with Crippen molar-refractivity contribution in [1.29, 1.82) is 0 Å². The van der Waals surface area contributed by atoms with Gasteiger partial charge >= 0.3 is 0 Å². The molecule has 0 bridgehead atoms. The molecule has 2 aliphatic rings. The van der Waals surface area contributed by atoms with Gasteiger partial charge in [0.15, 0.2) is 9.84 Å². The molecule has 0 aliphatic heterocycles. The van der Waals surface area contributed by atoms with Crippen molar-refractivity contribution in [1.82, 2.24) is 9.97 Å². The van der Waals surface area contributed by atoms with Crippen molar-refractivity contribution in [3.63, 3.8) is 0 Å². The molecule has 2 heterocycles. The zero-order chi connectivity index (χ0) is 19.9. The number of hydrogen-bond donors (Lipinski definition) is 0. The number of rotatable bonds is 4. The lowest BCUT2D eigenvalue weighted by Crippen LogP contribution is -2.34. The number of aromatic nitrogens is 2. The molecule has 0 atom stereocenters. The van der Waals surface area contributed by atoms with E-state index in [0.717, 1.165) is 48.5 Å². The summed E-state index contributed by atoms with van der Waals surface area (Å²) in [6.45, 7) is 5.42. The maximum absolute atomic E-state index is 12.5. The molecule has 2 aromatic heterocycles. The first-order valence-electron chi connectivity index (χ1n) is 10.1. The molecule has 1 saturated carbocycles. The zero-order valence-corrected chi connectivity index (χ0v) is 18.4. The number of sulfone groups is 1. The van der Waals surface area contributed by atoms with Crippen LogP contribution in [0, 0.1) is 11.8 Å². The molecule has 0 N–H and O–H groups in total. The predicted molar refractivity (Wildman–Crippen MR) is 116 cm³/mol. The fourth-order valence-corrected chi connectivity index (χ4v) is 6.28. The molecule has 1 fully saturated rings. The van der Waals surface area contributed by atoms with Crippen LogP contribution < -0.4 is 0 Å². The summed E-state index contributed by atoms with van der Waals surface area (Å²) >= 11 is 1.61. The van der Waals surface area contributed by atoms with Gasteiger partial charge in [0.25, 0.3) is 0 Å². The van der Waals surface area contributed by atoms with E-state index >= 15 is 0 Å². The molecule has 2 aromatic rings. The standard InChI is InChI=1S/C22H28N2O2S2/c1-22(2,3)28(25,26)14-15-4-6-16(7-5-15)18-12-17-8-9-19(24-20(17)13-18)21-23-10-11-27-21/h8-11,13,15-16H,4-7,12,14H2,1-3H3. The van der Waals surface area contributed by atoms with Gasteiger partial charge in [0.2, 0.25) is 0 Å². The third-order valence-corrected chi connectivity index (χ3v) is 9.71. The summed E-state index contributed by atoms with van der Waals surface area (Å²) in [6.07, 6.45) is 9.25. The van der Waals surface area contributed by atoms with E-state index in [1.54, 1.807) is 11.3 Å². The first kappa shape index (κ1) is 19.8. The lowest BCUT2D eigenvalue weighted by molar-refractivity contribution is 0.319. The van der Waals surface area contributed by atoms with Crippen molar-refractivity contribution in [2.24, 2.45) is 11.8 Å². The van der Waals surface area contributed by atoms with Gasteiger partial charge in [0.1, 0.15) is 5.01 Å². The molecule has 4 rings (SSSR count). The van der Waals surface area contributed by atoms with Crippen LogP contribution in [0.4, 0.5) is 0 Å².